The molecule has 2 aromatic carbocycles. The first-order chi connectivity index (χ1) is 16.0. The maximum Gasteiger partial charge on any atom is 0.407 e. The highest BCUT2D eigenvalue weighted by atomic mass is 19.1. The lowest BCUT2D eigenvalue weighted by atomic mass is 10.0. The molecule has 2 heterocycles. The highest BCUT2D eigenvalue weighted by Gasteiger charge is 2.25. The van der Waals surface area contributed by atoms with Crippen molar-refractivity contribution >= 4 is 12.0 Å². The smallest absolute Gasteiger partial charge is 0.407 e. The van der Waals surface area contributed by atoms with Gasteiger partial charge in [0.15, 0.2) is 11.6 Å². The topological polar surface area (TPSA) is 82.1 Å². The fraction of sp³-hybridized carbons (Fsp3) is 0.440. The maximum atomic E-state index is 14.6. The predicted molar refractivity (Wildman–Crippen MR) is 122 cm³/mol. The standard InChI is InChI=1S/C25H30FN3O4/c26-22-16-19(6-7-23(22)33-21-10-14-29(15-11-21)25(31)32)24(30)27-20-8-12-28(13-9-20)17-18-4-2-1-3-5-18/h1-7,16,20-21H,8-15,17H2,(H,27,30)(H,31,32). The molecule has 0 aromatic heterocycles. The number of nitrogens with zero attached hydrogens (tertiary/aromatic N) is 2. The van der Waals surface area contributed by atoms with Crippen LogP contribution in [0.5, 0.6) is 5.75 Å². The quantitative estimate of drug-likeness (QED) is 0.694. The molecule has 0 spiro atoms. The van der Waals surface area contributed by atoms with E-state index in [4.69, 9.17) is 9.84 Å². The summed E-state index contributed by atoms with van der Waals surface area (Å²) in [7, 11) is 0. The molecule has 2 aliphatic rings. The molecule has 0 aliphatic carbocycles. The lowest BCUT2D eigenvalue weighted by Crippen LogP contribution is -2.44. The minimum atomic E-state index is -0.947. The van der Waals surface area contributed by atoms with Crippen molar-refractivity contribution < 1.29 is 23.8 Å². The van der Waals surface area contributed by atoms with E-state index < -0.39 is 11.9 Å². The highest BCUT2D eigenvalue weighted by molar-refractivity contribution is 5.94. The van der Waals surface area contributed by atoms with Gasteiger partial charge in [-0.25, -0.2) is 9.18 Å². The minimum absolute atomic E-state index is 0.0722. The number of ether oxygens (including phenoxy) is 1. The van der Waals surface area contributed by atoms with Gasteiger partial charge >= 0.3 is 6.09 Å². The predicted octanol–water partition coefficient (Wildman–Crippen LogP) is 3.74. The molecule has 2 saturated heterocycles. The molecule has 0 atom stereocenters. The molecule has 2 N–H and O–H groups in total. The molecule has 0 bridgehead atoms. The van der Waals surface area contributed by atoms with E-state index in [1.807, 2.05) is 18.2 Å². The number of halogens is 1. The van der Waals surface area contributed by atoms with Crippen LogP contribution >= 0.6 is 0 Å². The third kappa shape index (κ3) is 6.22. The number of carbonyl (C=O) groups excluding carboxylic acids is 1. The largest absolute Gasteiger partial charge is 0.487 e. The molecule has 0 unspecified atom stereocenters. The second-order valence-corrected chi connectivity index (χ2v) is 8.74. The summed E-state index contributed by atoms with van der Waals surface area (Å²) in [6.07, 6.45) is 1.55. The second kappa shape index (κ2) is 10.7. The summed E-state index contributed by atoms with van der Waals surface area (Å²) < 4.78 is 20.3. The zero-order chi connectivity index (χ0) is 23.2. The van der Waals surface area contributed by atoms with E-state index in [0.29, 0.717) is 25.9 Å². The van der Waals surface area contributed by atoms with Gasteiger partial charge in [-0.15, -0.1) is 0 Å². The number of amides is 2. The summed E-state index contributed by atoms with van der Waals surface area (Å²) >= 11 is 0. The molecular formula is C25H30FN3O4. The Bertz CT molecular complexity index is 955. The number of hydrogen-bond donors (Lipinski definition) is 2. The SMILES string of the molecule is O=C(NC1CCN(Cc2ccccc2)CC1)c1ccc(OC2CCN(C(=O)O)CC2)c(F)c1. The van der Waals surface area contributed by atoms with E-state index in [2.05, 4.69) is 22.3 Å². The summed E-state index contributed by atoms with van der Waals surface area (Å²) in [6, 6.07) is 14.7. The fourth-order valence-electron chi connectivity index (χ4n) is 4.43. The zero-order valence-corrected chi connectivity index (χ0v) is 18.6. The molecule has 0 saturated carbocycles. The summed E-state index contributed by atoms with van der Waals surface area (Å²) in [5.74, 6) is -0.771. The molecule has 7 nitrogen and oxygen atoms in total. The Morgan fingerprint density at radius 1 is 1.00 bits per heavy atom. The van der Waals surface area contributed by atoms with Crippen molar-refractivity contribution in [1.29, 1.82) is 0 Å². The van der Waals surface area contributed by atoms with Gasteiger partial charge in [0.05, 0.1) is 0 Å². The van der Waals surface area contributed by atoms with Crippen molar-refractivity contribution in [3.05, 3.63) is 65.5 Å². The number of nitrogens with one attached hydrogen (secondary N) is 1. The molecule has 2 amide bonds. The Kier molecular flexibility index (Phi) is 7.44. The zero-order valence-electron chi connectivity index (χ0n) is 18.6. The number of carbonyl (C=O) groups is 2. The van der Waals surface area contributed by atoms with Crippen LogP contribution in [0.1, 0.15) is 41.6 Å². The Labute approximate surface area is 193 Å². The average Bonchev–Trinajstić information content (AvgIpc) is 2.82. The number of rotatable bonds is 6. The number of carboxylic acid groups (broad SMARTS) is 1. The molecular weight excluding hydrogens is 425 g/mol. The lowest BCUT2D eigenvalue weighted by Gasteiger charge is -2.32. The van der Waals surface area contributed by atoms with Gasteiger partial charge < -0.3 is 20.1 Å². The van der Waals surface area contributed by atoms with Crippen LogP contribution in [0.2, 0.25) is 0 Å². The van der Waals surface area contributed by atoms with Gasteiger partial charge in [-0.2, -0.15) is 0 Å². The maximum absolute atomic E-state index is 14.6. The molecule has 33 heavy (non-hydrogen) atoms. The van der Waals surface area contributed by atoms with Crippen LogP contribution in [0.4, 0.5) is 9.18 Å². The van der Waals surface area contributed by atoms with E-state index in [1.54, 1.807) is 6.07 Å². The highest BCUT2D eigenvalue weighted by Crippen LogP contribution is 2.24. The van der Waals surface area contributed by atoms with Gasteiger partial charge in [-0.3, -0.25) is 9.69 Å². The van der Waals surface area contributed by atoms with E-state index in [-0.39, 0.29) is 29.4 Å². The van der Waals surface area contributed by atoms with Crippen LogP contribution < -0.4 is 10.1 Å². The molecule has 2 fully saturated rings. The van der Waals surface area contributed by atoms with Crippen LogP contribution in [-0.2, 0) is 6.54 Å². The van der Waals surface area contributed by atoms with Crippen molar-refractivity contribution in [3.8, 4) is 5.75 Å². The third-order valence-electron chi connectivity index (χ3n) is 6.37. The summed E-state index contributed by atoms with van der Waals surface area (Å²) in [5.41, 5.74) is 1.55. The van der Waals surface area contributed by atoms with Gasteiger partial charge in [0.25, 0.3) is 5.91 Å². The van der Waals surface area contributed by atoms with E-state index in [9.17, 15) is 14.0 Å². The van der Waals surface area contributed by atoms with Crippen LogP contribution in [0.15, 0.2) is 48.5 Å². The van der Waals surface area contributed by atoms with Gasteiger partial charge in [0, 0.05) is 57.2 Å². The van der Waals surface area contributed by atoms with Crippen molar-refractivity contribution in [3.63, 3.8) is 0 Å². The molecule has 4 rings (SSSR count). The number of hydrogen-bond acceptors (Lipinski definition) is 4. The number of benzene rings is 2. The van der Waals surface area contributed by atoms with Gasteiger partial charge in [0.2, 0.25) is 0 Å². The fourth-order valence-corrected chi connectivity index (χ4v) is 4.43. The van der Waals surface area contributed by atoms with Crippen LogP contribution in [0.25, 0.3) is 0 Å². The van der Waals surface area contributed by atoms with E-state index in [0.717, 1.165) is 32.5 Å². The van der Waals surface area contributed by atoms with Gasteiger partial charge in [0.1, 0.15) is 6.10 Å². The monoisotopic (exact) mass is 455 g/mol. The molecule has 8 heteroatoms. The average molecular weight is 456 g/mol. The number of piperidine rings is 2. The summed E-state index contributed by atoms with van der Waals surface area (Å²) in [4.78, 5) is 27.3. The number of likely N-dealkylation sites (tertiary alicyclic amines) is 2. The van der Waals surface area contributed by atoms with Gasteiger partial charge in [-0.05, 0) is 36.6 Å². The minimum Gasteiger partial charge on any atom is -0.487 e. The first kappa shape index (κ1) is 23.0. The Hall–Kier alpha value is -3.13. The Morgan fingerprint density at radius 3 is 2.33 bits per heavy atom. The van der Waals surface area contributed by atoms with Crippen molar-refractivity contribution in [1.82, 2.24) is 15.1 Å². The first-order valence-corrected chi connectivity index (χ1v) is 11.5. The van der Waals surface area contributed by atoms with Crippen molar-refractivity contribution in [2.75, 3.05) is 26.2 Å². The van der Waals surface area contributed by atoms with E-state index in [1.165, 1.54) is 22.6 Å². The Balaban J connectivity index is 1.24. The molecule has 2 aromatic rings. The molecule has 2 aliphatic heterocycles. The van der Waals surface area contributed by atoms with Crippen LogP contribution in [-0.4, -0.2) is 65.2 Å². The first-order valence-electron chi connectivity index (χ1n) is 11.5. The van der Waals surface area contributed by atoms with Crippen molar-refractivity contribution in [2.24, 2.45) is 0 Å². The summed E-state index contributed by atoms with van der Waals surface area (Å²) in [6.45, 7) is 3.45. The lowest BCUT2D eigenvalue weighted by molar-refractivity contribution is 0.0872. The second-order valence-electron chi connectivity index (χ2n) is 8.74. The third-order valence-corrected chi connectivity index (χ3v) is 6.37. The molecule has 176 valence electrons. The summed E-state index contributed by atoms with van der Waals surface area (Å²) in [5, 5.41) is 12.0. The van der Waals surface area contributed by atoms with E-state index >= 15 is 0 Å². The Morgan fingerprint density at radius 2 is 1.70 bits per heavy atom. The van der Waals surface area contributed by atoms with Crippen LogP contribution in [0, 0.1) is 5.82 Å². The van der Waals surface area contributed by atoms with Crippen molar-refractivity contribution in [2.45, 2.75) is 44.4 Å². The molecule has 0 radical (unpaired) electrons. The van der Waals surface area contributed by atoms with Crippen LogP contribution in [0.3, 0.4) is 0 Å². The normalized spacial score (nSPS) is 18.2. The van der Waals surface area contributed by atoms with Gasteiger partial charge in [-0.1, -0.05) is 30.3 Å².